The minimum atomic E-state index is -0.357. The minimum absolute atomic E-state index is 0.0837. The summed E-state index contributed by atoms with van der Waals surface area (Å²) in [6, 6.07) is 3.34. The van der Waals surface area contributed by atoms with Crippen LogP contribution in [0.4, 0.5) is 5.69 Å². The van der Waals surface area contributed by atoms with Crippen LogP contribution in [0.3, 0.4) is 0 Å². The number of alkyl halides is 1. The molecule has 1 aromatic carbocycles. The van der Waals surface area contributed by atoms with Gasteiger partial charge in [-0.25, -0.2) is 0 Å². The van der Waals surface area contributed by atoms with Crippen molar-refractivity contribution >= 4 is 21.6 Å². The molecule has 0 N–H and O–H groups in total. The van der Waals surface area contributed by atoms with E-state index in [1.165, 1.54) is 0 Å². The standard InChI is InChI=1S/C15H20BrNO4/c1-11-8-14(12(2)7-13(11)17(18)19)21-10-15(9-16)3-5-20-6-4-15/h7-8H,3-6,9-10H2,1-2H3. The summed E-state index contributed by atoms with van der Waals surface area (Å²) in [7, 11) is 0. The number of halogens is 1. The van der Waals surface area contributed by atoms with Crippen molar-refractivity contribution in [1.29, 1.82) is 0 Å². The van der Waals surface area contributed by atoms with Crippen molar-refractivity contribution in [2.24, 2.45) is 5.41 Å². The molecule has 0 radical (unpaired) electrons. The quantitative estimate of drug-likeness (QED) is 0.457. The van der Waals surface area contributed by atoms with E-state index in [9.17, 15) is 10.1 Å². The molecule has 1 heterocycles. The fourth-order valence-corrected chi connectivity index (χ4v) is 3.20. The summed E-state index contributed by atoms with van der Waals surface area (Å²) >= 11 is 3.58. The predicted octanol–water partition coefficient (Wildman–Crippen LogP) is 3.78. The maximum atomic E-state index is 10.9. The summed E-state index contributed by atoms with van der Waals surface area (Å²) in [6.45, 7) is 5.69. The van der Waals surface area contributed by atoms with Crippen LogP contribution in [-0.2, 0) is 4.74 Å². The number of ether oxygens (including phenoxy) is 2. The highest BCUT2D eigenvalue weighted by Gasteiger charge is 2.32. The largest absolute Gasteiger partial charge is 0.493 e. The van der Waals surface area contributed by atoms with E-state index in [1.807, 2.05) is 6.92 Å². The highest BCUT2D eigenvalue weighted by molar-refractivity contribution is 9.09. The van der Waals surface area contributed by atoms with Crippen LogP contribution in [0.1, 0.15) is 24.0 Å². The molecule has 6 heteroatoms. The number of nitro benzene ring substituents is 1. The topological polar surface area (TPSA) is 61.6 Å². The van der Waals surface area contributed by atoms with Crippen LogP contribution in [0.15, 0.2) is 12.1 Å². The Hall–Kier alpha value is -1.14. The Morgan fingerprint density at radius 1 is 1.33 bits per heavy atom. The Labute approximate surface area is 132 Å². The number of hydrogen-bond donors (Lipinski definition) is 0. The van der Waals surface area contributed by atoms with E-state index in [0.29, 0.717) is 12.2 Å². The zero-order valence-electron chi connectivity index (χ0n) is 12.4. The van der Waals surface area contributed by atoms with Gasteiger partial charge in [-0.3, -0.25) is 10.1 Å². The predicted molar refractivity (Wildman–Crippen MR) is 84.3 cm³/mol. The summed E-state index contributed by atoms with van der Waals surface area (Å²) < 4.78 is 11.4. The van der Waals surface area contributed by atoms with Crippen molar-refractivity contribution in [3.63, 3.8) is 0 Å². The number of nitrogens with zero attached hydrogens (tertiary/aromatic N) is 1. The Balaban J connectivity index is 2.12. The van der Waals surface area contributed by atoms with Gasteiger partial charge in [-0.2, -0.15) is 0 Å². The van der Waals surface area contributed by atoms with Crippen LogP contribution in [0.2, 0.25) is 0 Å². The van der Waals surface area contributed by atoms with Crippen molar-refractivity contribution in [2.45, 2.75) is 26.7 Å². The summed E-state index contributed by atoms with van der Waals surface area (Å²) in [5.74, 6) is 0.727. The van der Waals surface area contributed by atoms with Crippen LogP contribution in [-0.4, -0.2) is 30.1 Å². The molecule has 0 bridgehead atoms. The molecule has 116 valence electrons. The van der Waals surface area contributed by atoms with Crippen LogP contribution in [0.25, 0.3) is 0 Å². The molecule has 0 spiro atoms. The maximum absolute atomic E-state index is 10.9. The first-order chi connectivity index (χ1) is 9.97. The van der Waals surface area contributed by atoms with E-state index in [1.54, 1.807) is 19.1 Å². The maximum Gasteiger partial charge on any atom is 0.272 e. The lowest BCUT2D eigenvalue weighted by Gasteiger charge is -2.35. The molecule has 1 fully saturated rings. The third-order valence-electron chi connectivity index (χ3n) is 4.06. The lowest BCUT2D eigenvalue weighted by Crippen LogP contribution is -2.36. The van der Waals surface area contributed by atoms with Gasteiger partial charge in [-0.05, 0) is 38.3 Å². The zero-order valence-corrected chi connectivity index (χ0v) is 13.9. The Kier molecular flexibility index (Phi) is 5.22. The van der Waals surface area contributed by atoms with E-state index >= 15 is 0 Å². The molecule has 0 atom stereocenters. The van der Waals surface area contributed by atoms with Gasteiger partial charge in [0.1, 0.15) is 5.75 Å². The van der Waals surface area contributed by atoms with Gasteiger partial charge in [0.15, 0.2) is 0 Å². The second-order valence-corrected chi connectivity index (χ2v) is 6.26. The van der Waals surface area contributed by atoms with Gasteiger partial charge < -0.3 is 9.47 Å². The van der Waals surface area contributed by atoms with Crippen LogP contribution >= 0.6 is 15.9 Å². The molecule has 21 heavy (non-hydrogen) atoms. The van der Waals surface area contributed by atoms with E-state index in [2.05, 4.69) is 15.9 Å². The highest BCUT2D eigenvalue weighted by atomic mass is 79.9. The monoisotopic (exact) mass is 357 g/mol. The summed E-state index contributed by atoms with van der Waals surface area (Å²) in [5.41, 5.74) is 1.64. The van der Waals surface area contributed by atoms with Gasteiger partial charge in [0.2, 0.25) is 0 Å². The Morgan fingerprint density at radius 3 is 2.57 bits per heavy atom. The third-order valence-corrected chi connectivity index (χ3v) is 5.25. The number of rotatable bonds is 5. The smallest absolute Gasteiger partial charge is 0.272 e. The lowest BCUT2D eigenvalue weighted by molar-refractivity contribution is -0.385. The van der Waals surface area contributed by atoms with Gasteiger partial charge in [0.25, 0.3) is 5.69 Å². The van der Waals surface area contributed by atoms with Crippen LogP contribution in [0, 0.1) is 29.4 Å². The SMILES string of the molecule is Cc1cc([N+](=O)[O-])c(C)cc1OCC1(CBr)CCOCC1. The molecule has 5 nitrogen and oxygen atoms in total. The van der Waals surface area contributed by atoms with Gasteiger partial charge in [-0.15, -0.1) is 0 Å². The Morgan fingerprint density at radius 2 is 2.00 bits per heavy atom. The van der Waals surface area contributed by atoms with Crippen LogP contribution in [0.5, 0.6) is 5.75 Å². The molecular formula is C15H20BrNO4. The van der Waals surface area contributed by atoms with Gasteiger partial charge in [0.05, 0.1) is 11.5 Å². The zero-order chi connectivity index (χ0) is 15.5. The van der Waals surface area contributed by atoms with Crippen LogP contribution < -0.4 is 4.74 Å². The first-order valence-corrected chi connectivity index (χ1v) is 8.12. The second-order valence-electron chi connectivity index (χ2n) is 5.70. The van der Waals surface area contributed by atoms with Gasteiger partial charge in [0, 0.05) is 35.6 Å². The lowest BCUT2D eigenvalue weighted by atomic mass is 9.83. The first kappa shape index (κ1) is 16.2. The number of aryl methyl sites for hydroxylation is 2. The van der Waals surface area contributed by atoms with Crippen molar-refractivity contribution < 1.29 is 14.4 Å². The number of hydrogen-bond acceptors (Lipinski definition) is 4. The molecule has 0 amide bonds. The summed E-state index contributed by atoms with van der Waals surface area (Å²) in [6.07, 6.45) is 1.92. The average molecular weight is 358 g/mol. The molecule has 2 rings (SSSR count). The molecule has 1 aromatic rings. The number of benzene rings is 1. The fraction of sp³-hybridized carbons (Fsp3) is 0.600. The van der Waals surface area contributed by atoms with Gasteiger partial charge in [-0.1, -0.05) is 15.9 Å². The van der Waals surface area contributed by atoms with Crippen molar-refractivity contribution in [1.82, 2.24) is 0 Å². The molecule has 0 saturated carbocycles. The van der Waals surface area contributed by atoms with Crippen molar-refractivity contribution in [3.05, 3.63) is 33.4 Å². The third kappa shape index (κ3) is 3.74. The normalized spacial score (nSPS) is 17.5. The van der Waals surface area contributed by atoms with E-state index in [0.717, 1.165) is 42.7 Å². The molecule has 0 aliphatic carbocycles. The van der Waals surface area contributed by atoms with Crippen molar-refractivity contribution in [3.8, 4) is 5.75 Å². The molecule has 0 aromatic heterocycles. The summed E-state index contributed by atoms with van der Waals surface area (Å²) in [5, 5.41) is 11.8. The summed E-state index contributed by atoms with van der Waals surface area (Å²) in [4.78, 5) is 10.6. The molecular weight excluding hydrogens is 338 g/mol. The molecule has 0 unspecified atom stereocenters. The number of nitro groups is 1. The Bertz CT molecular complexity index is 527. The molecule has 1 saturated heterocycles. The fourth-order valence-electron chi connectivity index (χ4n) is 2.48. The average Bonchev–Trinajstić information content (AvgIpc) is 2.48. The van der Waals surface area contributed by atoms with Crippen molar-refractivity contribution in [2.75, 3.05) is 25.2 Å². The van der Waals surface area contributed by atoms with E-state index in [4.69, 9.17) is 9.47 Å². The van der Waals surface area contributed by atoms with E-state index in [-0.39, 0.29) is 16.0 Å². The van der Waals surface area contributed by atoms with E-state index < -0.39 is 0 Å². The molecule has 1 aliphatic heterocycles. The molecule has 1 aliphatic rings. The van der Waals surface area contributed by atoms with Gasteiger partial charge >= 0.3 is 0 Å². The minimum Gasteiger partial charge on any atom is -0.493 e. The first-order valence-electron chi connectivity index (χ1n) is 7.00. The second kappa shape index (κ2) is 6.75. The highest BCUT2D eigenvalue weighted by Crippen LogP contribution is 2.35.